The van der Waals surface area contributed by atoms with Gasteiger partial charge in [0.05, 0.1) is 30.6 Å². The van der Waals surface area contributed by atoms with Crippen molar-refractivity contribution in [2.75, 3.05) is 31.1 Å². The maximum atomic E-state index is 15.1. The van der Waals surface area contributed by atoms with Crippen molar-refractivity contribution in [2.24, 2.45) is 11.8 Å². The van der Waals surface area contributed by atoms with Crippen LogP contribution < -0.4 is 4.90 Å². The number of anilines is 1. The number of aryl methyl sites for hydroxylation is 2. The Morgan fingerprint density at radius 3 is 2.48 bits per heavy atom. The second-order valence-corrected chi connectivity index (χ2v) is 13.3. The Morgan fingerprint density at radius 1 is 1.14 bits per heavy atom. The molecule has 0 aliphatic carbocycles. The molecule has 3 fully saturated rings. The van der Waals surface area contributed by atoms with Crippen molar-refractivity contribution in [1.82, 2.24) is 9.80 Å². The fourth-order valence-corrected chi connectivity index (χ4v) is 8.46. The molecule has 0 radical (unpaired) electrons. The number of fused-ring (bicyclic) bond motifs is 1. The SMILES string of the molecule is C=CCN(CCC)C(=O)[C@H]1[C@H]2C(=O)N([C@H](CO)c3ccccc3)C(C(=O)N(CC=C)c3cc(C)ccc3C)C23CC(Br)[C@@H]1O3. The summed E-state index contributed by atoms with van der Waals surface area (Å²) in [6.45, 7) is 14.4. The molecule has 9 heteroatoms. The van der Waals surface area contributed by atoms with E-state index in [-0.39, 0.29) is 29.1 Å². The number of likely N-dealkylation sites (tertiary alicyclic amines) is 1. The first-order valence-electron chi connectivity index (χ1n) is 15.3. The predicted molar refractivity (Wildman–Crippen MR) is 174 cm³/mol. The topological polar surface area (TPSA) is 90.4 Å². The van der Waals surface area contributed by atoms with Gasteiger partial charge in [0.15, 0.2) is 0 Å². The molecule has 44 heavy (non-hydrogen) atoms. The standard InChI is InChI=1S/C35H42BrN3O5/c1-6-16-37(17-7-2)32(41)28-29-33(42)39(27(21-40)24-12-10-9-11-13-24)31(35(29)20-25(36)30(28)44-35)34(43)38(18-8-3)26-19-22(4)14-15-23(26)5/h6,8-15,19,25,27-31,40H,1,3,7,16-18,20-21H2,2,4-5H3/t25?,27-,28+,29+,30+,31?,35?/m1/s1. The molecule has 3 unspecified atom stereocenters. The quantitative estimate of drug-likeness (QED) is 0.262. The predicted octanol–water partition coefficient (Wildman–Crippen LogP) is 4.73. The Balaban J connectivity index is 1.68. The Hall–Kier alpha value is -3.27. The highest BCUT2D eigenvalue weighted by atomic mass is 79.9. The van der Waals surface area contributed by atoms with E-state index < -0.39 is 42.2 Å². The summed E-state index contributed by atoms with van der Waals surface area (Å²) in [7, 11) is 0. The van der Waals surface area contributed by atoms with Crippen LogP contribution in [-0.4, -0.2) is 81.4 Å². The van der Waals surface area contributed by atoms with Gasteiger partial charge in [-0.15, -0.1) is 13.2 Å². The third kappa shape index (κ3) is 5.22. The molecule has 2 aromatic carbocycles. The van der Waals surface area contributed by atoms with Crippen molar-refractivity contribution in [2.45, 2.75) is 62.2 Å². The van der Waals surface area contributed by atoms with Gasteiger partial charge in [-0.05, 0) is 49.4 Å². The van der Waals surface area contributed by atoms with Crippen LogP contribution in [0.2, 0.25) is 0 Å². The summed E-state index contributed by atoms with van der Waals surface area (Å²) in [4.78, 5) is 48.7. The van der Waals surface area contributed by atoms with E-state index in [0.29, 0.717) is 25.1 Å². The lowest BCUT2D eigenvalue weighted by atomic mass is 9.70. The van der Waals surface area contributed by atoms with Crippen LogP contribution in [0, 0.1) is 25.7 Å². The zero-order valence-electron chi connectivity index (χ0n) is 25.7. The second kappa shape index (κ2) is 13.0. The fourth-order valence-electron chi connectivity index (χ4n) is 7.52. The van der Waals surface area contributed by atoms with E-state index in [1.165, 1.54) is 4.90 Å². The first kappa shape index (κ1) is 32.1. The number of halogens is 1. The van der Waals surface area contributed by atoms with Crippen molar-refractivity contribution in [3.8, 4) is 0 Å². The summed E-state index contributed by atoms with van der Waals surface area (Å²) in [5.41, 5.74) is 2.05. The molecule has 2 aromatic rings. The summed E-state index contributed by atoms with van der Waals surface area (Å²) < 4.78 is 6.78. The number of benzene rings is 2. The van der Waals surface area contributed by atoms with Crippen LogP contribution in [0.5, 0.6) is 0 Å². The third-order valence-electron chi connectivity index (χ3n) is 9.33. The molecule has 1 spiro atoms. The molecule has 8 nitrogen and oxygen atoms in total. The lowest BCUT2D eigenvalue weighted by molar-refractivity contribution is -0.147. The van der Waals surface area contributed by atoms with E-state index >= 15 is 4.79 Å². The summed E-state index contributed by atoms with van der Waals surface area (Å²) in [6, 6.07) is 13.3. The molecular weight excluding hydrogens is 622 g/mol. The number of carbonyl (C=O) groups is 3. The summed E-state index contributed by atoms with van der Waals surface area (Å²) in [6.07, 6.45) is 3.91. The lowest BCUT2D eigenvalue weighted by Gasteiger charge is -2.40. The first-order chi connectivity index (χ1) is 21.1. The van der Waals surface area contributed by atoms with Crippen molar-refractivity contribution in [3.05, 3.63) is 90.5 Å². The Labute approximate surface area is 268 Å². The van der Waals surface area contributed by atoms with Gasteiger partial charge >= 0.3 is 0 Å². The number of aliphatic hydroxyl groups is 1. The number of hydrogen-bond acceptors (Lipinski definition) is 5. The average Bonchev–Trinajstić information content (AvgIpc) is 3.61. The van der Waals surface area contributed by atoms with E-state index in [4.69, 9.17) is 4.74 Å². The summed E-state index contributed by atoms with van der Waals surface area (Å²) in [5.74, 6) is -2.51. The van der Waals surface area contributed by atoms with Gasteiger partial charge in [-0.3, -0.25) is 14.4 Å². The second-order valence-electron chi connectivity index (χ2n) is 12.1. The van der Waals surface area contributed by atoms with Crippen LogP contribution >= 0.6 is 15.9 Å². The Morgan fingerprint density at radius 2 is 1.84 bits per heavy atom. The van der Waals surface area contributed by atoms with Gasteiger partial charge in [-0.25, -0.2) is 0 Å². The number of ether oxygens (including phenoxy) is 1. The van der Waals surface area contributed by atoms with Gasteiger partial charge in [0, 0.05) is 30.1 Å². The minimum atomic E-state index is -1.27. The third-order valence-corrected chi connectivity index (χ3v) is 10.2. The van der Waals surface area contributed by atoms with E-state index in [9.17, 15) is 14.7 Å². The van der Waals surface area contributed by atoms with Crippen molar-refractivity contribution >= 4 is 39.3 Å². The molecule has 3 aliphatic heterocycles. The summed E-state index contributed by atoms with van der Waals surface area (Å²) >= 11 is 3.78. The molecular formula is C35H42BrN3O5. The number of alkyl halides is 1. The largest absolute Gasteiger partial charge is 0.394 e. The molecule has 5 rings (SSSR count). The Bertz CT molecular complexity index is 1430. The van der Waals surface area contributed by atoms with Gasteiger partial charge in [-0.1, -0.05) is 77.5 Å². The highest BCUT2D eigenvalue weighted by molar-refractivity contribution is 9.09. The van der Waals surface area contributed by atoms with Crippen LogP contribution in [0.4, 0.5) is 5.69 Å². The average molecular weight is 665 g/mol. The first-order valence-corrected chi connectivity index (χ1v) is 16.3. The van der Waals surface area contributed by atoms with Crippen LogP contribution in [0.15, 0.2) is 73.8 Å². The number of rotatable bonds is 12. The fraction of sp³-hybridized carbons (Fsp3) is 0.457. The van der Waals surface area contributed by atoms with Gasteiger partial charge in [0.1, 0.15) is 11.6 Å². The van der Waals surface area contributed by atoms with Gasteiger partial charge < -0.3 is 24.5 Å². The highest BCUT2D eigenvalue weighted by Crippen LogP contribution is 2.61. The minimum absolute atomic E-state index is 0.174. The minimum Gasteiger partial charge on any atom is -0.394 e. The number of hydrogen-bond donors (Lipinski definition) is 1. The number of nitrogens with zero attached hydrogens (tertiary/aromatic N) is 3. The zero-order chi connectivity index (χ0) is 31.8. The normalized spacial score (nSPS) is 27.6. The number of carbonyl (C=O) groups excluding carboxylic acids is 3. The van der Waals surface area contributed by atoms with Gasteiger partial charge in [0.2, 0.25) is 11.8 Å². The van der Waals surface area contributed by atoms with Crippen LogP contribution in [0.25, 0.3) is 0 Å². The highest BCUT2D eigenvalue weighted by Gasteiger charge is 2.77. The molecule has 3 saturated heterocycles. The molecule has 1 N–H and O–H groups in total. The van der Waals surface area contributed by atoms with E-state index in [0.717, 1.165) is 23.2 Å². The molecule has 234 valence electrons. The van der Waals surface area contributed by atoms with Crippen molar-refractivity contribution in [1.29, 1.82) is 0 Å². The molecule has 3 heterocycles. The maximum absolute atomic E-state index is 15.1. The number of amides is 3. The van der Waals surface area contributed by atoms with E-state index in [2.05, 4.69) is 29.1 Å². The van der Waals surface area contributed by atoms with Gasteiger partial charge in [-0.2, -0.15) is 0 Å². The van der Waals surface area contributed by atoms with Crippen LogP contribution in [0.1, 0.15) is 42.5 Å². The smallest absolute Gasteiger partial charge is 0.253 e. The van der Waals surface area contributed by atoms with Crippen molar-refractivity contribution < 1.29 is 24.2 Å². The van der Waals surface area contributed by atoms with E-state index in [1.54, 1.807) is 22.0 Å². The number of aliphatic hydroxyl groups excluding tert-OH is 1. The van der Waals surface area contributed by atoms with Crippen molar-refractivity contribution in [3.63, 3.8) is 0 Å². The maximum Gasteiger partial charge on any atom is 0.253 e. The van der Waals surface area contributed by atoms with E-state index in [1.807, 2.05) is 69.3 Å². The molecule has 2 bridgehead atoms. The summed E-state index contributed by atoms with van der Waals surface area (Å²) in [5, 5.41) is 10.8. The van der Waals surface area contributed by atoms with Crippen LogP contribution in [0.3, 0.4) is 0 Å². The molecule has 3 amide bonds. The molecule has 7 atom stereocenters. The monoisotopic (exact) mass is 663 g/mol. The molecule has 0 saturated carbocycles. The van der Waals surface area contributed by atoms with Crippen LogP contribution in [-0.2, 0) is 19.1 Å². The molecule has 3 aliphatic rings. The van der Waals surface area contributed by atoms with Gasteiger partial charge in [0.25, 0.3) is 5.91 Å². The lowest BCUT2D eigenvalue weighted by Crippen LogP contribution is -2.58. The molecule has 0 aromatic heterocycles. The Kier molecular flexibility index (Phi) is 9.49. The zero-order valence-corrected chi connectivity index (χ0v) is 27.3.